The smallest absolute Gasteiger partial charge is 0.239 e. The minimum atomic E-state index is -0.499. The average Bonchev–Trinajstić information content (AvgIpc) is 2.45. The number of nitrogens with two attached hydrogens (primary N) is 1. The normalized spacial score (nSPS) is 12.1. The number of amides is 2. The van der Waals surface area contributed by atoms with E-state index in [1.807, 2.05) is 0 Å². The monoisotopic (exact) mass is 311 g/mol. The molecule has 0 aliphatic heterocycles. The predicted octanol–water partition coefficient (Wildman–Crippen LogP) is 0.598. The van der Waals surface area contributed by atoms with Gasteiger partial charge in [0.1, 0.15) is 0 Å². The number of likely N-dealkylation sites (N-methyl/N-ethyl adjacent to an activating group) is 2. The van der Waals surface area contributed by atoms with Gasteiger partial charge in [-0.1, -0.05) is 6.07 Å². The lowest BCUT2D eigenvalue weighted by Gasteiger charge is -2.27. The second kappa shape index (κ2) is 7.74. The number of primary amides is 1. The van der Waals surface area contributed by atoms with E-state index in [-0.39, 0.29) is 24.7 Å². The van der Waals surface area contributed by atoms with Crippen molar-refractivity contribution in [1.82, 2.24) is 9.80 Å². The number of carbonyl (C=O) groups is 2. The summed E-state index contributed by atoms with van der Waals surface area (Å²) in [6, 6.07) is 4.05. The number of hydrogen-bond acceptors (Lipinski definition) is 4. The lowest BCUT2D eigenvalue weighted by Crippen LogP contribution is -2.46. The quantitative estimate of drug-likeness (QED) is 0.800. The molecular formula is C15H22FN3O3. The van der Waals surface area contributed by atoms with Gasteiger partial charge in [-0.05, 0) is 31.7 Å². The van der Waals surface area contributed by atoms with Crippen LogP contribution in [0.3, 0.4) is 0 Å². The highest BCUT2D eigenvalue weighted by Gasteiger charge is 2.22. The van der Waals surface area contributed by atoms with Crippen molar-refractivity contribution in [3.05, 3.63) is 29.6 Å². The van der Waals surface area contributed by atoms with E-state index >= 15 is 0 Å². The van der Waals surface area contributed by atoms with Crippen LogP contribution in [0.2, 0.25) is 0 Å². The standard InChI is InChI=1S/C15H22FN3O3/c1-10(18(2)9-14(17)20)15(21)19(3)8-11-5-6-13(22-4)12(16)7-11/h5-7,10H,8-9H2,1-4H3,(H2,17,20). The van der Waals surface area contributed by atoms with E-state index in [2.05, 4.69) is 0 Å². The first-order valence-electron chi connectivity index (χ1n) is 6.82. The first-order valence-corrected chi connectivity index (χ1v) is 6.82. The maximum absolute atomic E-state index is 13.6. The molecule has 0 saturated heterocycles. The molecule has 0 spiro atoms. The third-order valence-corrected chi connectivity index (χ3v) is 3.44. The molecule has 0 aliphatic carbocycles. The highest BCUT2D eigenvalue weighted by molar-refractivity contribution is 5.82. The molecule has 2 N–H and O–H groups in total. The summed E-state index contributed by atoms with van der Waals surface area (Å²) >= 11 is 0. The zero-order valence-electron chi connectivity index (χ0n) is 13.3. The molecule has 22 heavy (non-hydrogen) atoms. The largest absolute Gasteiger partial charge is 0.494 e. The van der Waals surface area contributed by atoms with Crippen LogP contribution in [0.5, 0.6) is 5.75 Å². The molecule has 122 valence electrons. The fourth-order valence-electron chi connectivity index (χ4n) is 2.05. The maximum Gasteiger partial charge on any atom is 0.239 e. The van der Waals surface area contributed by atoms with Gasteiger partial charge in [-0.25, -0.2) is 4.39 Å². The third-order valence-electron chi connectivity index (χ3n) is 3.44. The Bertz CT molecular complexity index is 551. The molecular weight excluding hydrogens is 289 g/mol. The first-order chi connectivity index (χ1) is 10.3. The summed E-state index contributed by atoms with van der Waals surface area (Å²) in [5, 5.41) is 0. The van der Waals surface area contributed by atoms with Crippen molar-refractivity contribution in [2.75, 3.05) is 27.7 Å². The number of hydrogen-bond donors (Lipinski definition) is 1. The Morgan fingerprint density at radius 2 is 2.00 bits per heavy atom. The van der Waals surface area contributed by atoms with Crippen molar-refractivity contribution < 1.29 is 18.7 Å². The van der Waals surface area contributed by atoms with Crippen molar-refractivity contribution in [3.8, 4) is 5.75 Å². The van der Waals surface area contributed by atoms with Crippen molar-refractivity contribution in [1.29, 1.82) is 0 Å². The van der Waals surface area contributed by atoms with E-state index < -0.39 is 17.8 Å². The minimum Gasteiger partial charge on any atom is -0.494 e. The van der Waals surface area contributed by atoms with Gasteiger partial charge in [-0.15, -0.1) is 0 Å². The molecule has 1 unspecified atom stereocenters. The molecule has 0 radical (unpaired) electrons. The van der Waals surface area contributed by atoms with E-state index in [4.69, 9.17) is 10.5 Å². The van der Waals surface area contributed by atoms with E-state index in [0.717, 1.165) is 0 Å². The summed E-state index contributed by atoms with van der Waals surface area (Å²) < 4.78 is 18.5. The summed E-state index contributed by atoms with van der Waals surface area (Å²) in [6.45, 7) is 1.95. The lowest BCUT2D eigenvalue weighted by atomic mass is 10.1. The number of rotatable bonds is 7. The molecule has 0 aromatic heterocycles. The van der Waals surface area contributed by atoms with E-state index in [1.165, 1.54) is 24.1 Å². The van der Waals surface area contributed by atoms with Gasteiger partial charge in [0.05, 0.1) is 19.7 Å². The molecule has 0 aliphatic rings. The van der Waals surface area contributed by atoms with E-state index in [1.54, 1.807) is 32.0 Å². The van der Waals surface area contributed by atoms with Gasteiger partial charge >= 0.3 is 0 Å². The molecule has 6 nitrogen and oxygen atoms in total. The molecule has 7 heteroatoms. The van der Waals surface area contributed by atoms with Crippen LogP contribution in [0.1, 0.15) is 12.5 Å². The average molecular weight is 311 g/mol. The molecule has 1 atom stereocenters. The first kappa shape index (κ1) is 17.9. The summed E-state index contributed by atoms with van der Waals surface area (Å²) in [7, 11) is 4.66. The lowest BCUT2D eigenvalue weighted by molar-refractivity contribution is -0.135. The van der Waals surface area contributed by atoms with Crippen LogP contribution in [0.25, 0.3) is 0 Å². The highest BCUT2D eigenvalue weighted by atomic mass is 19.1. The van der Waals surface area contributed by atoms with Crippen LogP contribution in [0.4, 0.5) is 4.39 Å². The number of carbonyl (C=O) groups excluding carboxylic acids is 2. The van der Waals surface area contributed by atoms with Crippen LogP contribution < -0.4 is 10.5 Å². The van der Waals surface area contributed by atoms with Gasteiger partial charge in [-0.3, -0.25) is 14.5 Å². The van der Waals surface area contributed by atoms with Crippen molar-refractivity contribution in [3.63, 3.8) is 0 Å². The Morgan fingerprint density at radius 1 is 1.36 bits per heavy atom. The van der Waals surface area contributed by atoms with E-state index in [9.17, 15) is 14.0 Å². The number of ether oxygens (including phenoxy) is 1. The summed E-state index contributed by atoms with van der Waals surface area (Å²) in [5.41, 5.74) is 5.77. The summed E-state index contributed by atoms with van der Waals surface area (Å²) in [6.07, 6.45) is 0. The second-order valence-corrected chi connectivity index (χ2v) is 5.22. The van der Waals surface area contributed by atoms with Crippen LogP contribution >= 0.6 is 0 Å². The van der Waals surface area contributed by atoms with E-state index in [0.29, 0.717) is 5.56 Å². The second-order valence-electron chi connectivity index (χ2n) is 5.22. The van der Waals surface area contributed by atoms with Crippen LogP contribution in [-0.2, 0) is 16.1 Å². The summed E-state index contributed by atoms with van der Waals surface area (Å²) in [4.78, 5) is 26.2. The van der Waals surface area contributed by atoms with Gasteiger partial charge in [0, 0.05) is 13.6 Å². The van der Waals surface area contributed by atoms with Gasteiger partial charge in [0.25, 0.3) is 0 Å². The Kier molecular flexibility index (Phi) is 6.30. The molecule has 0 saturated carbocycles. The molecule has 0 bridgehead atoms. The van der Waals surface area contributed by atoms with Gasteiger partial charge in [0.2, 0.25) is 11.8 Å². The number of benzene rings is 1. The van der Waals surface area contributed by atoms with Gasteiger partial charge < -0.3 is 15.4 Å². The van der Waals surface area contributed by atoms with Crippen LogP contribution in [0.15, 0.2) is 18.2 Å². The topological polar surface area (TPSA) is 75.9 Å². The number of nitrogens with zero attached hydrogens (tertiary/aromatic N) is 2. The Labute approximate surface area is 129 Å². The molecule has 0 fully saturated rings. The van der Waals surface area contributed by atoms with Crippen molar-refractivity contribution >= 4 is 11.8 Å². The molecule has 0 heterocycles. The summed E-state index contributed by atoms with van der Waals surface area (Å²) in [5.74, 6) is -0.992. The molecule has 1 aromatic rings. The zero-order chi connectivity index (χ0) is 16.9. The predicted molar refractivity (Wildman–Crippen MR) is 80.7 cm³/mol. The minimum absolute atomic E-state index is 0.00207. The number of halogens is 1. The SMILES string of the molecule is COc1ccc(CN(C)C(=O)C(C)N(C)CC(N)=O)cc1F. The van der Waals surface area contributed by atoms with Crippen molar-refractivity contribution in [2.24, 2.45) is 5.73 Å². The Balaban J connectivity index is 2.71. The molecule has 1 rings (SSSR count). The van der Waals surface area contributed by atoms with Gasteiger partial charge in [0.15, 0.2) is 11.6 Å². The van der Waals surface area contributed by atoms with Crippen LogP contribution in [0, 0.1) is 5.82 Å². The fraction of sp³-hybridized carbons (Fsp3) is 0.467. The van der Waals surface area contributed by atoms with Gasteiger partial charge in [-0.2, -0.15) is 0 Å². The maximum atomic E-state index is 13.6. The third kappa shape index (κ3) is 4.70. The fourth-order valence-corrected chi connectivity index (χ4v) is 2.05. The van der Waals surface area contributed by atoms with Crippen LogP contribution in [-0.4, -0.2) is 55.4 Å². The highest BCUT2D eigenvalue weighted by Crippen LogP contribution is 2.18. The molecule has 1 aromatic carbocycles. The zero-order valence-corrected chi connectivity index (χ0v) is 13.3. The van der Waals surface area contributed by atoms with Crippen molar-refractivity contribution in [2.45, 2.75) is 19.5 Å². The Morgan fingerprint density at radius 3 is 2.50 bits per heavy atom. The molecule has 2 amide bonds. The Hall–Kier alpha value is -2.15. The number of methoxy groups -OCH3 is 1.